The third kappa shape index (κ3) is 3.79. The first-order valence-corrected chi connectivity index (χ1v) is 9.51. The molecule has 3 aromatic rings. The third-order valence-corrected chi connectivity index (χ3v) is 5.16. The molecule has 1 aliphatic carbocycles. The van der Waals surface area contributed by atoms with Gasteiger partial charge in [0.1, 0.15) is 5.82 Å². The van der Waals surface area contributed by atoms with E-state index >= 15 is 0 Å². The summed E-state index contributed by atoms with van der Waals surface area (Å²) in [7, 11) is 0. The van der Waals surface area contributed by atoms with Gasteiger partial charge in [0.25, 0.3) is 11.6 Å². The molecule has 0 bridgehead atoms. The Balaban J connectivity index is 1.49. The van der Waals surface area contributed by atoms with E-state index in [1.807, 2.05) is 0 Å². The van der Waals surface area contributed by atoms with Gasteiger partial charge < -0.3 is 10.4 Å². The van der Waals surface area contributed by atoms with Crippen LogP contribution in [0.1, 0.15) is 39.8 Å². The maximum atomic E-state index is 13.2. The molecule has 0 saturated heterocycles. The van der Waals surface area contributed by atoms with E-state index in [2.05, 4.69) is 10.4 Å². The van der Waals surface area contributed by atoms with Crippen molar-refractivity contribution in [3.8, 4) is 5.69 Å². The molecule has 0 radical (unpaired) electrons. The summed E-state index contributed by atoms with van der Waals surface area (Å²) >= 11 is 0. The molecule has 2 aromatic carbocycles. The molecule has 8 nitrogen and oxygen atoms in total. The summed E-state index contributed by atoms with van der Waals surface area (Å²) in [6.07, 6.45) is 1.39. The average Bonchev–Trinajstić information content (AvgIpc) is 3.35. The highest BCUT2D eigenvalue weighted by Crippen LogP contribution is 2.28. The number of carbonyl (C=O) groups is 1. The van der Waals surface area contributed by atoms with Gasteiger partial charge >= 0.3 is 0 Å². The number of nitro groups is 1. The zero-order chi connectivity index (χ0) is 21.3. The quantitative estimate of drug-likeness (QED) is 0.480. The monoisotopic (exact) mass is 410 g/mol. The summed E-state index contributed by atoms with van der Waals surface area (Å²) in [5.74, 6) is -0.754. The number of benzene rings is 2. The molecular formula is C21H19FN4O4. The molecule has 4 rings (SSSR count). The number of fused-ring (bicyclic) bond motifs is 1. The van der Waals surface area contributed by atoms with Crippen molar-refractivity contribution in [2.45, 2.75) is 25.4 Å². The smallest absolute Gasteiger partial charge is 0.272 e. The second kappa shape index (κ2) is 8.03. The van der Waals surface area contributed by atoms with E-state index in [4.69, 9.17) is 0 Å². The molecule has 9 heteroatoms. The van der Waals surface area contributed by atoms with Crippen LogP contribution in [0, 0.1) is 15.9 Å². The lowest BCUT2D eigenvalue weighted by atomic mass is 10.1. The van der Waals surface area contributed by atoms with Crippen LogP contribution in [0.5, 0.6) is 0 Å². The van der Waals surface area contributed by atoms with Crippen molar-refractivity contribution in [1.82, 2.24) is 15.1 Å². The zero-order valence-electron chi connectivity index (χ0n) is 15.9. The molecule has 1 heterocycles. The summed E-state index contributed by atoms with van der Waals surface area (Å²) in [5, 5.41) is 28.1. The Morgan fingerprint density at radius 3 is 2.57 bits per heavy atom. The minimum Gasteiger partial charge on any atom is -0.387 e. The number of aliphatic hydroxyl groups is 1. The van der Waals surface area contributed by atoms with E-state index in [0.29, 0.717) is 16.9 Å². The average molecular weight is 410 g/mol. The first kappa shape index (κ1) is 19.7. The molecule has 0 saturated carbocycles. The number of nitrogens with one attached hydrogen (secondary N) is 1. The van der Waals surface area contributed by atoms with Gasteiger partial charge in [0, 0.05) is 29.9 Å². The molecule has 30 heavy (non-hydrogen) atoms. The molecular weight excluding hydrogens is 391 g/mol. The van der Waals surface area contributed by atoms with Gasteiger partial charge in [-0.25, -0.2) is 9.07 Å². The predicted molar refractivity (Wildman–Crippen MR) is 106 cm³/mol. The van der Waals surface area contributed by atoms with Crippen molar-refractivity contribution >= 4 is 11.6 Å². The third-order valence-electron chi connectivity index (χ3n) is 5.16. The van der Waals surface area contributed by atoms with Crippen LogP contribution >= 0.6 is 0 Å². The van der Waals surface area contributed by atoms with Gasteiger partial charge in [-0.05, 0) is 61.2 Å². The summed E-state index contributed by atoms with van der Waals surface area (Å²) in [5.41, 5.74) is 3.16. The molecule has 1 unspecified atom stereocenters. The SMILES string of the molecule is O=C(NCC(O)c1ccc([N+](=O)[O-])cc1)c1nn(-c2ccc(F)cc2)c2c1CCC2. The standard InChI is InChI=1S/C21H19FN4O4/c22-14-6-10-15(11-7-14)25-18-3-1-2-17(18)20(24-25)21(28)23-12-19(27)13-4-8-16(9-5-13)26(29)30/h4-11,19,27H,1-3,12H2,(H,23,28). The van der Waals surface area contributed by atoms with E-state index in [9.17, 15) is 24.4 Å². The van der Waals surface area contributed by atoms with E-state index in [1.54, 1.807) is 16.8 Å². The van der Waals surface area contributed by atoms with Crippen molar-refractivity contribution in [3.63, 3.8) is 0 Å². The van der Waals surface area contributed by atoms with Crippen molar-refractivity contribution in [1.29, 1.82) is 0 Å². The van der Waals surface area contributed by atoms with Crippen LogP contribution in [-0.2, 0) is 12.8 Å². The van der Waals surface area contributed by atoms with Crippen molar-refractivity contribution in [2.75, 3.05) is 6.54 Å². The van der Waals surface area contributed by atoms with Crippen LogP contribution in [0.2, 0.25) is 0 Å². The topological polar surface area (TPSA) is 110 Å². The number of hydrogen-bond acceptors (Lipinski definition) is 5. The number of nitro benzene ring substituents is 1. The minimum atomic E-state index is -1.01. The van der Waals surface area contributed by atoms with Gasteiger partial charge in [0.2, 0.25) is 0 Å². The Morgan fingerprint density at radius 2 is 1.90 bits per heavy atom. The molecule has 0 spiro atoms. The summed E-state index contributed by atoms with van der Waals surface area (Å²) < 4.78 is 14.9. The zero-order valence-corrected chi connectivity index (χ0v) is 15.9. The number of rotatable bonds is 6. The molecule has 1 aromatic heterocycles. The lowest BCUT2D eigenvalue weighted by molar-refractivity contribution is -0.384. The number of aromatic nitrogens is 2. The maximum absolute atomic E-state index is 13.2. The fourth-order valence-electron chi connectivity index (χ4n) is 3.62. The molecule has 154 valence electrons. The molecule has 0 aliphatic heterocycles. The van der Waals surface area contributed by atoms with Gasteiger partial charge in [-0.2, -0.15) is 5.10 Å². The number of carbonyl (C=O) groups excluding carboxylic acids is 1. The number of non-ortho nitro benzene ring substituents is 1. The van der Waals surface area contributed by atoms with E-state index in [-0.39, 0.29) is 18.0 Å². The number of aliphatic hydroxyl groups excluding tert-OH is 1. The second-order valence-corrected chi connectivity index (χ2v) is 7.09. The highest BCUT2D eigenvalue weighted by molar-refractivity contribution is 5.94. The summed E-state index contributed by atoms with van der Waals surface area (Å²) in [4.78, 5) is 22.9. The Morgan fingerprint density at radius 1 is 1.20 bits per heavy atom. The van der Waals surface area contributed by atoms with Gasteiger partial charge in [0.05, 0.1) is 16.7 Å². The van der Waals surface area contributed by atoms with E-state index < -0.39 is 16.9 Å². The number of nitrogens with zero attached hydrogens (tertiary/aromatic N) is 3. The minimum absolute atomic E-state index is 0.0607. The highest BCUT2D eigenvalue weighted by atomic mass is 19.1. The Kier molecular flexibility index (Phi) is 5.28. The van der Waals surface area contributed by atoms with Gasteiger partial charge in [0.15, 0.2) is 5.69 Å². The van der Waals surface area contributed by atoms with Gasteiger partial charge in [-0.15, -0.1) is 0 Å². The van der Waals surface area contributed by atoms with Gasteiger partial charge in [-0.3, -0.25) is 14.9 Å². The maximum Gasteiger partial charge on any atom is 0.272 e. The Hall–Kier alpha value is -3.59. The van der Waals surface area contributed by atoms with Crippen LogP contribution in [-0.4, -0.2) is 32.3 Å². The normalized spacial score (nSPS) is 13.7. The fraction of sp³-hybridized carbons (Fsp3) is 0.238. The molecule has 2 N–H and O–H groups in total. The number of hydrogen-bond donors (Lipinski definition) is 2. The Bertz CT molecular complexity index is 1090. The fourth-order valence-corrected chi connectivity index (χ4v) is 3.62. The lowest BCUT2D eigenvalue weighted by Crippen LogP contribution is -2.29. The van der Waals surface area contributed by atoms with Crippen molar-refractivity contribution in [2.24, 2.45) is 0 Å². The van der Waals surface area contributed by atoms with Crippen LogP contribution in [0.4, 0.5) is 10.1 Å². The molecule has 1 amide bonds. The summed E-state index contributed by atoms with van der Waals surface area (Å²) in [6.45, 7) is -0.0607. The van der Waals surface area contributed by atoms with Crippen molar-refractivity contribution in [3.05, 3.63) is 87.0 Å². The summed E-state index contributed by atoms with van der Waals surface area (Å²) in [6, 6.07) is 11.4. The second-order valence-electron chi connectivity index (χ2n) is 7.09. The predicted octanol–water partition coefficient (Wildman–Crippen LogP) is 2.87. The first-order chi connectivity index (χ1) is 14.4. The van der Waals surface area contributed by atoms with E-state index in [0.717, 1.165) is 30.5 Å². The van der Waals surface area contributed by atoms with Gasteiger partial charge in [-0.1, -0.05) is 0 Å². The lowest BCUT2D eigenvalue weighted by Gasteiger charge is -2.12. The molecule has 0 fully saturated rings. The van der Waals surface area contributed by atoms with Crippen LogP contribution in [0.3, 0.4) is 0 Å². The molecule has 1 atom stereocenters. The molecule has 1 aliphatic rings. The Labute approximate surface area is 171 Å². The largest absolute Gasteiger partial charge is 0.387 e. The first-order valence-electron chi connectivity index (χ1n) is 9.51. The number of amides is 1. The van der Waals surface area contributed by atoms with Crippen LogP contribution in [0.15, 0.2) is 48.5 Å². The van der Waals surface area contributed by atoms with Crippen molar-refractivity contribution < 1.29 is 19.2 Å². The highest BCUT2D eigenvalue weighted by Gasteiger charge is 2.27. The van der Waals surface area contributed by atoms with Crippen LogP contribution < -0.4 is 5.32 Å². The van der Waals surface area contributed by atoms with Crippen LogP contribution in [0.25, 0.3) is 5.69 Å². The number of halogens is 1. The van der Waals surface area contributed by atoms with E-state index in [1.165, 1.54) is 36.4 Å².